The SMILES string of the molecule is CCOCCCNC(=S)N1CCn2ccnc2C1. The van der Waals surface area contributed by atoms with Gasteiger partial charge in [-0.2, -0.15) is 0 Å². The van der Waals surface area contributed by atoms with Gasteiger partial charge in [0, 0.05) is 45.2 Å². The Hall–Kier alpha value is -1.14. The average molecular weight is 268 g/mol. The van der Waals surface area contributed by atoms with E-state index in [1.54, 1.807) is 0 Å². The highest BCUT2D eigenvalue weighted by Crippen LogP contribution is 2.09. The molecule has 0 saturated heterocycles. The molecule has 0 radical (unpaired) electrons. The third-order valence-electron chi connectivity index (χ3n) is 2.98. The highest BCUT2D eigenvalue weighted by Gasteiger charge is 2.18. The van der Waals surface area contributed by atoms with Gasteiger partial charge in [0.05, 0.1) is 6.54 Å². The number of rotatable bonds is 5. The minimum Gasteiger partial charge on any atom is -0.382 e. The van der Waals surface area contributed by atoms with Crippen molar-refractivity contribution in [3.63, 3.8) is 0 Å². The lowest BCUT2D eigenvalue weighted by Gasteiger charge is -2.30. The zero-order valence-electron chi connectivity index (χ0n) is 10.8. The zero-order chi connectivity index (χ0) is 12.8. The molecule has 2 heterocycles. The lowest BCUT2D eigenvalue weighted by atomic mass is 10.4. The Morgan fingerprint density at radius 2 is 2.44 bits per heavy atom. The number of hydrogen-bond donors (Lipinski definition) is 1. The number of imidazole rings is 1. The van der Waals surface area contributed by atoms with Crippen molar-refractivity contribution in [2.45, 2.75) is 26.4 Å². The standard InChI is InChI=1S/C12H20N4OS/c1-2-17-9-3-4-14-12(18)16-8-7-15-6-5-13-11(15)10-16/h5-6H,2-4,7-10H2,1H3,(H,14,18). The average Bonchev–Trinajstić information content (AvgIpc) is 2.85. The number of nitrogens with one attached hydrogen (secondary N) is 1. The van der Waals surface area contributed by atoms with Crippen LogP contribution in [0.5, 0.6) is 0 Å². The fourth-order valence-electron chi connectivity index (χ4n) is 1.97. The Labute approximate surface area is 113 Å². The van der Waals surface area contributed by atoms with Crippen LogP contribution in [0.4, 0.5) is 0 Å². The topological polar surface area (TPSA) is 42.3 Å². The molecule has 0 amide bonds. The summed E-state index contributed by atoms with van der Waals surface area (Å²) in [5.41, 5.74) is 0. The van der Waals surface area contributed by atoms with Gasteiger partial charge in [0.15, 0.2) is 5.11 Å². The number of hydrogen-bond acceptors (Lipinski definition) is 3. The fraction of sp³-hybridized carbons (Fsp3) is 0.667. The Morgan fingerprint density at radius 1 is 1.56 bits per heavy atom. The van der Waals surface area contributed by atoms with Gasteiger partial charge in [-0.3, -0.25) is 0 Å². The lowest BCUT2D eigenvalue weighted by molar-refractivity contribution is 0.145. The van der Waals surface area contributed by atoms with Crippen molar-refractivity contribution < 1.29 is 4.74 Å². The molecule has 1 aromatic rings. The molecular weight excluding hydrogens is 248 g/mol. The molecule has 0 unspecified atom stereocenters. The fourth-order valence-corrected chi connectivity index (χ4v) is 2.23. The Morgan fingerprint density at radius 3 is 3.28 bits per heavy atom. The molecule has 0 saturated carbocycles. The van der Waals surface area contributed by atoms with E-state index in [9.17, 15) is 0 Å². The first-order valence-corrected chi connectivity index (χ1v) is 6.82. The van der Waals surface area contributed by atoms with Crippen LogP contribution in [0.25, 0.3) is 0 Å². The molecule has 1 aromatic heterocycles. The van der Waals surface area contributed by atoms with E-state index in [1.807, 2.05) is 19.3 Å². The van der Waals surface area contributed by atoms with Crippen molar-refractivity contribution >= 4 is 17.3 Å². The molecule has 0 fully saturated rings. The smallest absolute Gasteiger partial charge is 0.169 e. The minimum atomic E-state index is 0.777. The van der Waals surface area contributed by atoms with E-state index in [-0.39, 0.29) is 0 Å². The molecule has 0 aromatic carbocycles. The lowest BCUT2D eigenvalue weighted by Crippen LogP contribution is -2.44. The first-order chi connectivity index (χ1) is 8.81. The van der Waals surface area contributed by atoms with Crippen molar-refractivity contribution in [1.29, 1.82) is 0 Å². The van der Waals surface area contributed by atoms with E-state index < -0.39 is 0 Å². The Balaban J connectivity index is 1.71. The molecule has 18 heavy (non-hydrogen) atoms. The molecule has 0 atom stereocenters. The van der Waals surface area contributed by atoms with Crippen molar-refractivity contribution in [2.75, 3.05) is 26.3 Å². The summed E-state index contributed by atoms with van der Waals surface area (Å²) in [5.74, 6) is 1.08. The van der Waals surface area contributed by atoms with E-state index in [1.165, 1.54) is 0 Å². The van der Waals surface area contributed by atoms with Crippen molar-refractivity contribution in [1.82, 2.24) is 19.8 Å². The van der Waals surface area contributed by atoms with Gasteiger partial charge in [-0.15, -0.1) is 0 Å². The van der Waals surface area contributed by atoms with Crippen LogP contribution >= 0.6 is 12.2 Å². The van der Waals surface area contributed by atoms with Crippen LogP contribution < -0.4 is 5.32 Å². The Bertz CT molecular complexity index is 393. The predicted molar refractivity (Wildman–Crippen MR) is 74.3 cm³/mol. The summed E-state index contributed by atoms with van der Waals surface area (Å²) in [5, 5.41) is 4.09. The van der Waals surface area contributed by atoms with Crippen molar-refractivity contribution in [3.05, 3.63) is 18.2 Å². The molecule has 1 N–H and O–H groups in total. The summed E-state index contributed by atoms with van der Waals surface area (Å²) in [7, 11) is 0. The van der Waals surface area contributed by atoms with E-state index in [2.05, 4.69) is 19.8 Å². The summed E-state index contributed by atoms with van der Waals surface area (Å²) in [6, 6.07) is 0. The van der Waals surface area contributed by atoms with Crippen LogP contribution in [0.15, 0.2) is 12.4 Å². The van der Waals surface area contributed by atoms with Gasteiger partial charge in [-0.1, -0.05) is 0 Å². The molecule has 0 spiro atoms. The number of nitrogens with zero attached hydrogens (tertiary/aromatic N) is 3. The van der Waals surface area contributed by atoms with Gasteiger partial charge in [0.2, 0.25) is 0 Å². The molecule has 2 rings (SSSR count). The summed E-state index contributed by atoms with van der Waals surface area (Å²) < 4.78 is 7.46. The van der Waals surface area contributed by atoms with Crippen LogP contribution in [-0.4, -0.2) is 45.9 Å². The summed E-state index contributed by atoms with van der Waals surface area (Å²) >= 11 is 5.39. The molecular formula is C12H20N4OS. The van der Waals surface area contributed by atoms with Crippen LogP contribution in [0.1, 0.15) is 19.2 Å². The highest BCUT2D eigenvalue weighted by molar-refractivity contribution is 7.80. The highest BCUT2D eigenvalue weighted by atomic mass is 32.1. The monoisotopic (exact) mass is 268 g/mol. The van der Waals surface area contributed by atoms with Crippen LogP contribution in [0.3, 0.4) is 0 Å². The van der Waals surface area contributed by atoms with Gasteiger partial charge in [-0.05, 0) is 25.6 Å². The second kappa shape index (κ2) is 6.70. The van der Waals surface area contributed by atoms with E-state index in [4.69, 9.17) is 17.0 Å². The second-order valence-electron chi connectivity index (χ2n) is 4.24. The van der Waals surface area contributed by atoms with Gasteiger partial charge in [0.1, 0.15) is 5.82 Å². The largest absolute Gasteiger partial charge is 0.382 e. The first kappa shape index (κ1) is 13.3. The molecule has 6 heteroatoms. The first-order valence-electron chi connectivity index (χ1n) is 6.41. The molecule has 1 aliphatic heterocycles. The molecule has 1 aliphatic rings. The molecule has 100 valence electrons. The summed E-state index contributed by atoms with van der Waals surface area (Å²) in [6.07, 6.45) is 4.85. The van der Waals surface area contributed by atoms with E-state index >= 15 is 0 Å². The number of thiocarbonyl (C=S) groups is 1. The number of aromatic nitrogens is 2. The van der Waals surface area contributed by atoms with Crippen LogP contribution in [0, 0.1) is 0 Å². The maximum absolute atomic E-state index is 5.39. The van der Waals surface area contributed by atoms with E-state index in [0.717, 1.165) is 56.8 Å². The minimum absolute atomic E-state index is 0.777. The number of fused-ring (bicyclic) bond motifs is 1. The van der Waals surface area contributed by atoms with Gasteiger partial charge >= 0.3 is 0 Å². The maximum atomic E-state index is 5.39. The third kappa shape index (κ3) is 3.43. The summed E-state index contributed by atoms with van der Waals surface area (Å²) in [4.78, 5) is 6.49. The van der Waals surface area contributed by atoms with Gasteiger partial charge in [0.25, 0.3) is 0 Å². The molecule has 0 bridgehead atoms. The van der Waals surface area contributed by atoms with Crippen LogP contribution in [-0.2, 0) is 17.8 Å². The van der Waals surface area contributed by atoms with Gasteiger partial charge in [-0.25, -0.2) is 4.98 Å². The van der Waals surface area contributed by atoms with E-state index in [0.29, 0.717) is 0 Å². The quantitative estimate of drug-likeness (QED) is 0.637. The maximum Gasteiger partial charge on any atom is 0.169 e. The third-order valence-corrected chi connectivity index (χ3v) is 3.38. The van der Waals surface area contributed by atoms with Crippen LogP contribution in [0.2, 0.25) is 0 Å². The summed E-state index contributed by atoms with van der Waals surface area (Å²) in [6.45, 7) is 7.13. The normalized spacial score (nSPS) is 14.4. The number of ether oxygens (including phenoxy) is 1. The van der Waals surface area contributed by atoms with Crippen molar-refractivity contribution in [3.8, 4) is 0 Å². The van der Waals surface area contributed by atoms with Gasteiger partial charge < -0.3 is 19.5 Å². The zero-order valence-corrected chi connectivity index (χ0v) is 11.6. The predicted octanol–water partition coefficient (Wildman–Crippen LogP) is 1.000. The molecule has 0 aliphatic carbocycles. The molecule has 5 nitrogen and oxygen atoms in total. The second-order valence-corrected chi connectivity index (χ2v) is 4.63. The van der Waals surface area contributed by atoms with Crippen molar-refractivity contribution in [2.24, 2.45) is 0 Å². The Kier molecular flexibility index (Phi) is 4.95.